The van der Waals surface area contributed by atoms with E-state index >= 15 is 0 Å². The van der Waals surface area contributed by atoms with Crippen molar-refractivity contribution in [3.63, 3.8) is 0 Å². The number of hydrogen-bond acceptors (Lipinski definition) is 1. The number of ketones is 1. The fourth-order valence-corrected chi connectivity index (χ4v) is 2.71. The van der Waals surface area contributed by atoms with Crippen LogP contribution in [0.3, 0.4) is 0 Å². The van der Waals surface area contributed by atoms with E-state index in [0.29, 0.717) is 17.6 Å². The fraction of sp³-hybridized carbons (Fsp3) is 0.900. The topological polar surface area (TPSA) is 17.1 Å². The first kappa shape index (κ1) is 7.33. The highest BCUT2D eigenvalue weighted by Crippen LogP contribution is 2.40. The van der Waals surface area contributed by atoms with Gasteiger partial charge in [-0.3, -0.25) is 4.79 Å². The van der Waals surface area contributed by atoms with E-state index in [9.17, 15) is 4.79 Å². The van der Waals surface area contributed by atoms with E-state index in [0.717, 1.165) is 12.3 Å². The van der Waals surface area contributed by atoms with Gasteiger partial charge in [0.05, 0.1) is 0 Å². The third-order valence-electron chi connectivity index (χ3n) is 3.45. The largest absolute Gasteiger partial charge is 0.299 e. The molecule has 2 aliphatic rings. The summed E-state index contributed by atoms with van der Waals surface area (Å²) in [5.41, 5.74) is 0. The summed E-state index contributed by atoms with van der Waals surface area (Å²) in [5.74, 6) is 2.44. The molecule has 1 heteroatoms. The molecule has 11 heavy (non-hydrogen) atoms. The molecule has 0 heterocycles. The quantitative estimate of drug-likeness (QED) is 0.521. The van der Waals surface area contributed by atoms with Gasteiger partial charge in [0.2, 0.25) is 0 Å². The number of fused-ring (bicyclic) bond motifs is 2. The highest BCUT2D eigenvalue weighted by atomic mass is 16.1. The monoisotopic (exact) mass is 152 g/mol. The van der Waals surface area contributed by atoms with Crippen molar-refractivity contribution in [2.75, 3.05) is 0 Å². The van der Waals surface area contributed by atoms with Crippen molar-refractivity contribution in [3.8, 4) is 0 Å². The van der Waals surface area contributed by atoms with Crippen LogP contribution in [0.15, 0.2) is 0 Å². The lowest BCUT2D eigenvalue weighted by atomic mass is 9.89. The minimum atomic E-state index is 0.447. The summed E-state index contributed by atoms with van der Waals surface area (Å²) in [7, 11) is 0. The van der Waals surface area contributed by atoms with Gasteiger partial charge in [0, 0.05) is 12.3 Å². The molecular weight excluding hydrogens is 136 g/mol. The van der Waals surface area contributed by atoms with E-state index in [1.54, 1.807) is 0 Å². The van der Waals surface area contributed by atoms with Crippen molar-refractivity contribution in [1.82, 2.24) is 0 Å². The molecule has 2 fully saturated rings. The molecule has 0 radical (unpaired) electrons. The van der Waals surface area contributed by atoms with Crippen molar-refractivity contribution in [2.45, 2.75) is 39.0 Å². The Morgan fingerprint density at radius 2 is 2.18 bits per heavy atom. The summed E-state index contributed by atoms with van der Waals surface area (Å²) < 4.78 is 0. The molecule has 2 saturated carbocycles. The molecule has 3 atom stereocenters. The Bertz CT molecular complexity index is 174. The van der Waals surface area contributed by atoms with Crippen LogP contribution >= 0.6 is 0 Å². The second kappa shape index (κ2) is 2.62. The standard InChI is InChI=1S/C10H16O/c1-7-3-2-4-8-5-9(7)10(11)6-8/h7-9H,2-6H2,1H3/t7-,8-,9-/m1/s1. The van der Waals surface area contributed by atoms with E-state index in [4.69, 9.17) is 0 Å². The van der Waals surface area contributed by atoms with Crippen molar-refractivity contribution >= 4 is 5.78 Å². The summed E-state index contributed by atoms with van der Waals surface area (Å²) in [4.78, 5) is 11.4. The van der Waals surface area contributed by atoms with Gasteiger partial charge < -0.3 is 0 Å². The number of Topliss-reactive ketones (excluding diaryl/α,β-unsaturated/α-hetero) is 1. The van der Waals surface area contributed by atoms with Gasteiger partial charge in [0.15, 0.2) is 0 Å². The summed E-state index contributed by atoms with van der Waals surface area (Å²) in [6.45, 7) is 2.25. The molecule has 0 unspecified atom stereocenters. The highest BCUT2D eigenvalue weighted by molar-refractivity contribution is 5.83. The first-order valence-corrected chi connectivity index (χ1v) is 4.80. The van der Waals surface area contributed by atoms with Gasteiger partial charge in [-0.2, -0.15) is 0 Å². The third-order valence-corrected chi connectivity index (χ3v) is 3.45. The second-order valence-electron chi connectivity index (χ2n) is 4.29. The van der Waals surface area contributed by atoms with Crippen molar-refractivity contribution in [2.24, 2.45) is 17.8 Å². The van der Waals surface area contributed by atoms with Gasteiger partial charge in [0.1, 0.15) is 5.78 Å². The normalized spacial score (nSPS) is 44.1. The molecular formula is C10H16O. The van der Waals surface area contributed by atoms with Gasteiger partial charge in [0.25, 0.3) is 0 Å². The molecule has 0 spiro atoms. The SMILES string of the molecule is C[C@@H]1CCC[C@H]2CC(=O)[C@@H]1C2. The van der Waals surface area contributed by atoms with Crippen LogP contribution in [0.1, 0.15) is 39.0 Å². The molecule has 0 aromatic carbocycles. The van der Waals surface area contributed by atoms with Crippen LogP contribution in [0.25, 0.3) is 0 Å². The Hall–Kier alpha value is -0.330. The molecule has 2 aliphatic carbocycles. The smallest absolute Gasteiger partial charge is 0.136 e. The predicted octanol–water partition coefficient (Wildman–Crippen LogP) is 2.40. The van der Waals surface area contributed by atoms with E-state index in [2.05, 4.69) is 6.92 Å². The van der Waals surface area contributed by atoms with Crippen molar-refractivity contribution in [1.29, 1.82) is 0 Å². The molecule has 1 nitrogen and oxygen atoms in total. The third kappa shape index (κ3) is 1.21. The van der Waals surface area contributed by atoms with Gasteiger partial charge in [-0.15, -0.1) is 0 Å². The maximum absolute atomic E-state index is 11.4. The van der Waals surface area contributed by atoms with Gasteiger partial charge in [-0.05, 0) is 24.7 Å². The van der Waals surface area contributed by atoms with Crippen LogP contribution in [0.5, 0.6) is 0 Å². The zero-order valence-electron chi connectivity index (χ0n) is 7.18. The van der Waals surface area contributed by atoms with E-state index < -0.39 is 0 Å². The molecule has 2 rings (SSSR count). The lowest BCUT2D eigenvalue weighted by Gasteiger charge is -2.15. The van der Waals surface area contributed by atoms with Crippen LogP contribution in [-0.2, 0) is 4.79 Å². The van der Waals surface area contributed by atoms with Crippen LogP contribution in [0.4, 0.5) is 0 Å². The molecule has 0 aliphatic heterocycles. The Balaban J connectivity index is 2.15. The maximum atomic E-state index is 11.4. The summed E-state index contributed by atoms with van der Waals surface area (Å²) in [5, 5.41) is 0. The molecule has 0 amide bonds. The minimum Gasteiger partial charge on any atom is -0.299 e. The molecule has 0 aromatic rings. The Labute approximate surface area is 68.2 Å². The van der Waals surface area contributed by atoms with Gasteiger partial charge in [-0.25, -0.2) is 0 Å². The number of rotatable bonds is 0. The van der Waals surface area contributed by atoms with Crippen LogP contribution < -0.4 is 0 Å². The van der Waals surface area contributed by atoms with Gasteiger partial charge in [-0.1, -0.05) is 19.8 Å². The molecule has 0 N–H and O–H groups in total. The molecule has 0 aromatic heterocycles. The first-order chi connectivity index (χ1) is 5.27. The lowest BCUT2D eigenvalue weighted by Crippen LogP contribution is -2.15. The maximum Gasteiger partial charge on any atom is 0.136 e. The number of hydrogen-bond donors (Lipinski definition) is 0. The number of carbonyl (C=O) groups is 1. The van der Waals surface area contributed by atoms with Crippen LogP contribution in [-0.4, -0.2) is 5.78 Å². The molecule has 0 saturated heterocycles. The summed E-state index contributed by atoms with van der Waals surface area (Å²) >= 11 is 0. The Morgan fingerprint density at radius 3 is 3.00 bits per heavy atom. The highest BCUT2D eigenvalue weighted by Gasteiger charge is 2.37. The lowest BCUT2D eigenvalue weighted by molar-refractivity contribution is -0.122. The minimum absolute atomic E-state index is 0.447. The summed E-state index contributed by atoms with van der Waals surface area (Å²) in [6, 6.07) is 0. The van der Waals surface area contributed by atoms with Gasteiger partial charge >= 0.3 is 0 Å². The predicted molar refractivity (Wildman–Crippen MR) is 44.2 cm³/mol. The molecule has 62 valence electrons. The zero-order chi connectivity index (χ0) is 7.84. The Morgan fingerprint density at radius 1 is 1.36 bits per heavy atom. The molecule has 2 bridgehead atoms. The second-order valence-corrected chi connectivity index (χ2v) is 4.29. The zero-order valence-corrected chi connectivity index (χ0v) is 7.18. The van der Waals surface area contributed by atoms with Crippen molar-refractivity contribution < 1.29 is 4.79 Å². The van der Waals surface area contributed by atoms with E-state index in [1.807, 2.05) is 0 Å². The van der Waals surface area contributed by atoms with Crippen LogP contribution in [0, 0.1) is 17.8 Å². The van der Waals surface area contributed by atoms with E-state index in [1.165, 1.54) is 25.7 Å². The van der Waals surface area contributed by atoms with E-state index in [-0.39, 0.29) is 0 Å². The average Bonchev–Trinajstić information content (AvgIpc) is 2.20. The first-order valence-electron chi connectivity index (χ1n) is 4.80. The average molecular weight is 152 g/mol. The summed E-state index contributed by atoms with van der Waals surface area (Å²) in [6.07, 6.45) is 6.06. The fourth-order valence-electron chi connectivity index (χ4n) is 2.71. The van der Waals surface area contributed by atoms with Crippen molar-refractivity contribution in [3.05, 3.63) is 0 Å². The number of carbonyl (C=O) groups excluding carboxylic acids is 1. The van der Waals surface area contributed by atoms with Crippen LogP contribution in [0.2, 0.25) is 0 Å². The Kier molecular flexibility index (Phi) is 1.74.